The van der Waals surface area contributed by atoms with Crippen molar-refractivity contribution < 1.29 is 19.0 Å². The van der Waals surface area contributed by atoms with Crippen LogP contribution in [0.2, 0.25) is 0 Å². The summed E-state index contributed by atoms with van der Waals surface area (Å²) in [6.07, 6.45) is 0.937. The zero-order valence-electron chi connectivity index (χ0n) is 21.3. The van der Waals surface area contributed by atoms with Crippen LogP contribution in [0.4, 0.5) is 0 Å². The molecule has 3 aromatic carbocycles. The Balaban J connectivity index is 1.43. The molecule has 7 nitrogen and oxygen atoms in total. The topological polar surface area (TPSA) is 72.9 Å². The molecule has 0 aliphatic heterocycles. The molecule has 0 bridgehead atoms. The molecule has 0 saturated carbocycles. The average molecular weight is 510 g/mol. The van der Waals surface area contributed by atoms with Crippen molar-refractivity contribution >= 4 is 0 Å². The van der Waals surface area contributed by atoms with Crippen molar-refractivity contribution in [2.75, 3.05) is 13.2 Å². The lowest BCUT2D eigenvalue weighted by molar-refractivity contribution is 0.0602. The molecule has 0 saturated heterocycles. The van der Waals surface area contributed by atoms with Gasteiger partial charge in [0.2, 0.25) is 5.88 Å². The van der Waals surface area contributed by atoms with Crippen LogP contribution in [0.3, 0.4) is 0 Å². The fraction of sp³-hybridized carbons (Fsp3) is 0.194. The van der Waals surface area contributed by atoms with Crippen LogP contribution < -0.4 is 9.47 Å². The molecule has 0 amide bonds. The Morgan fingerprint density at radius 2 is 1.50 bits per heavy atom. The van der Waals surface area contributed by atoms with Crippen molar-refractivity contribution in [3.63, 3.8) is 0 Å². The molecule has 0 radical (unpaired) electrons. The van der Waals surface area contributed by atoms with Crippen LogP contribution in [0.1, 0.15) is 11.3 Å². The van der Waals surface area contributed by atoms with Crippen molar-refractivity contribution in [3.05, 3.63) is 121 Å². The third kappa shape index (κ3) is 6.51. The number of aryl methyl sites for hydroxylation is 1. The summed E-state index contributed by atoms with van der Waals surface area (Å²) < 4.78 is 19.6. The molecule has 0 aliphatic carbocycles. The molecular weight excluding hydrogens is 478 g/mol. The minimum absolute atomic E-state index is 0.171. The van der Waals surface area contributed by atoms with Crippen LogP contribution in [-0.4, -0.2) is 39.0 Å². The second-order valence-electron chi connectivity index (χ2n) is 9.06. The summed E-state index contributed by atoms with van der Waals surface area (Å²) >= 11 is 0. The van der Waals surface area contributed by atoms with Crippen molar-refractivity contribution in [2.24, 2.45) is 7.05 Å². The molecule has 5 rings (SSSR count). The molecule has 0 spiro atoms. The number of hydrogen-bond acceptors (Lipinski definition) is 6. The van der Waals surface area contributed by atoms with Gasteiger partial charge in [-0.1, -0.05) is 66.7 Å². The van der Waals surface area contributed by atoms with Gasteiger partial charge in [0.05, 0.1) is 18.4 Å². The molecule has 5 aromatic rings. The van der Waals surface area contributed by atoms with Gasteiger partial charge in [0.25, 0.3) is 0 Å². The number of benzene rings is 3. The van der Waals surface area contributed by atoms with E-state index in [4.69, 9.17) is 19.0 Å². The van der Waals surface area contributed by atoms with Gasteiger partial charge < -0.3 is 19.0 Å². The highest BCUT2D eigenvalue weighted by atomic mass is 16.5. The first-order chi connectivity index (χ1) is 18.7. The Hall–Kier alpha value is -4.33. The van der Waals surface area contributed by atoms with E-state index in [1.165, 1.54) is 0 Å². The normalized spacial score (nSPS) is 12.0. The minimum atomic E-state index is -0.722. The summed E-state index contributed by atoms with van der Waals surface area (Å²) in [4.78, 5) is 2.12. The van der Waals surface area contributed by atoms with Crippen LogP contribution in [0.5, 0.6) is 17.4 Å². The van der Waals surface area contributed by atoms with Crippen LogP contribution >= 0.6 is 0 Å². The van der Waals surface area contributed by atoms with E-state index in [0.717, 1.165) is 34.1 Å². The zero-order valence-corrected chi connectivity index (χ0v) is 21.3. The maximum atomic E-state index is 10.9. The van der Waals surface area contributed by atoms with Crippen molar-refractivity contribution in [1.82, 2.24) is 14.7 Å². The van der Waals surface area contributed by atoms with Gasteiger partial charge in [0, 0.05) is 25.7 Å². The van der Waals surface area contributed by atoms with Gasteiger partial charge in [0.15, 0.2) is 0 Å². The maximum absolute atomic E-state index is 10.9. The summed E-state index contributed by atoms with van der Waals surface area (Å²) in [5.74, 6) is 2.90. The van der Waals surface area contributed by atoms with Gasteiger partial charge >= 0.3 is 0 Å². The quantitative estimate of drug-likeness (QED) is 0.225. The van der Waals surface area contributed by atoms with Crippen LogP contribution in [0.25, 0.3) is 11.3 Å². The first kappa shape index (κ1) is 25.3. The standard InChI is InChI=1S/C31H31N3O4/c1-33-31(38-27-16-9-4-10-17-27)29(30(32-33)24-12-5-2-6-13-24)22-34(21-28-18-11-19-36-28)20-25(35)23-37-26-14-7-3-8-15-26/h2-19,25,35H,20-23H2,1H3. The fourth-order valence-electron chi connectivity index (χ4n) is 4.34. The summed E-state index contributed by atoms with van der Waals surface area (Å²) in [6.45, 7) is 1.51. The minimum Gasteiger partial charge on any atom is -0.491 e. The largest absolute Gasteiger partial charge is 0.491 e. The lowest BCUT2D eigenvalue weighted by Gasteiger charge is -2.25. The van der Waals surface area contributed by atoms with Crippen molar-refractivity contribution in [2.45, 2.75) is 19.2 Å². The predicted molar refractivity (Wildman–Crippen MR) is 146 cm³/mol. The number of aliphatic hydroxyl groups is 1. The second-order valence-corrected chi connectivity index (χ2v) is 9.06. The predicted octanol–water partition coefficient (Wildman–Crippen LogP) is 5.91. The zero-order chi connectivity index (χ0) is 26.2. The smallest absolute Gasteiger partial charge is 0.222 e. The number of aromatic nitrogens is 2. The van der Waals surface area contributed by atoms with E-state index in [9.17, 15) is 5.11 Å². The summed E-state index contributed by atoms with van der Waals surface area (Å²) in [6, 6.07) is 33.0. The number of hydrogen-bond donors (Lipinski definition) is 1. The average Bonchev–Trinajstić information content (AvgIpc) is 3.57. The second kappa shape index (κ2) is 12.3. The third-order valence-corrected chi connectivity index (χ3v) is 6.09. The third-order valence-electron chi connectivity index (χ3n) is 6.09. The number of rotatable bonds is 12. The van der Waals surface area contributed by atoms with E-state index < -0.39 is 6.10 Å². The van der Waals surface area contributed by atoms with Gasteiger partial charge in [0.1, 0.15) is 35.7 Å². The van der Waals surface area contributed by atoms with Gasteiger partial charge in [-0.25, -0.2) is 4.68 Å². The summed E-state index contributed by atoms with van der Waals surface area (Å²) in [5, 5.41) is 15.8. The molecule has 38 heavy (non-hydrogen) atoms. The summed E-state index contributed by atoms with van der Waals surface area (Å²) in [5.41, 5.74) is 2.75. The Labute approximate surface area is 222 Å². The van der Waals surface area contributed by atoms with E-state index in [-0.39, 0.29) is 6.61 Å². The first-order valence-electron chi connectivity index (χ1n) is 12.6. The van der Waals surface area contributed by atoms with E-state index in [1.54, 1.807) is 10.9 Å². The Bertz CT molecular complexity index is 1390. The van der Waals surface area contributed by atoms with Crippen molar-refractivity contribution in [3.8, 4) is 28.6 Å². The number of nitrogens with zero attached hydrogens (tertiary/aromatic N) is 3. The van der Waals surface area contributed by atoms with E-state index in [2.05, 4.69) is 4.90 Å². The molecule has 1 N–H and O–H groups in total. The van der Waals surface area contributed by atoms with Crippen LogP contribution in [0.15, 0.2) is 114 Å². The van der Waals surface area contributed by atoms with Gasteiger partial charge in [-0.2, -0.15) is 5.10 Å². The lowest BCUT2D eigenvalue weighted by atomic mass is 10.1. The molecule has 7 heteroatoms. The van der Waals surface area contributed by atoms with Gasteiger partial charge in [-0.3, -0.25) is 4.90 Å². The number of para-hydroxylation sites is 2. The monoisotopic (exact) mass is 509 g/mol. The molecule has 1 unspecified atom stereocenters. The lowest BCUT2D eigenvalue weighted by Crippen LogP contribution is -2.35. The molecule has 2 heterocycles. The van der Waals surface area contributed by atoms with E-state index in [1.807, 2.05) is 110 Å². The molecule has 1 atom stereocenters. The molecule has 0 fully saturated rings. The Morgan fingerprint density at radius 3 is 2.16 bits per heavy atom. The molecule has 0 aliphatic rings. The highest BCUT2D eigenvalue weighted by Crippen LogP contribution is 2.34. The Kier molecular flexibility index (Phi) is 8.18. The van der Waals surface area contributed by atoms with Crippen molar-refractivity contribution in [1.29, 1.82) is 0 Å². The fourth-order valence-corrected chi connectivity index (χ4v) is 4.34. The first-order valence-corrected chi connectivity index (χ1v) is 12.6. The van der Waals surface area contributed by atoms with E-state index in [0.29, 0.717) is 25.5 Å². The number of aliphatic hydroxyl groups excluding tert-OH is 1. The Morgan fingerprint density at radius 1 is 0.842 bits per heavy atom. The molecule has 194 valence electrons. The van der Waals surface area contributed by atoms with Gasteiger partial charge in [-0.15, -0.1) is 0 Å². The SMILES string of the molecule is Cn1nc(-c2ccccc2)c(CN(Cc2ccco2)CC(O)COc2ccccc2)c1Oc1ccccc1. The highest BCUT2D eigenvalue weighted by Gasteiger charge is 2.24. The molecule has 2 aromatic heterocycles. The van der Waals surface area contributed by atoms with Gasteiger partial charge in [-0.05, 0) is 36.4 Å². The number of furan rings is 1. The summed E-state index contributed by atoms with van der Waals surface area (Å²) in [7, 11) is 1.88. The molecular formula is C31H31N3O4. The highest BCUT2D eigenvalue weighted by molar-refractivity contribution is 5.65. The van der Waals surface area contributed by atoms with Crippen LogP contribution in [-0.2, 0) is 20.1 Å². The number of ether oxygens (including phenoxy) is 2. The maximum Gasteiger partial charge on any atom is 0.222 e. The van der Waals surface area contributed by atoms with Crippen LogP contribution in [0, 0.1) is 0 Å². The van der Waals surface area contributed by atoms with E-state index >= 15 is 0 Å².